The molecule has 5 aromatic carbocycles. The standard InChI is InChI=1S/C41H35N3O/c1-28-33-18-4-9-23-38(33)44(43-28)30-15-13-17-32(27-30)45-31-16-12-14-29(26-31)41(39-24-10-11-25-42-39)36-21-7-5-19-34(36)40(2,3)35-20-6-8-22-37(35)41/h4-28,43H,1-3H3. The van der Waals surface area contributed by atoms with Crippen molar-refractivity contribution < 1.29 is 4.74 Å². The molecule has 4 heteroatoms. The highest BCUT2D eigenvalue weighted by Gasteiger charge is 2.49. The zero-order valence-corrected chi connectivity index (χ0v) is 25.7. The molecule has 2 aliphatic rings. The van der Waals surface area contributed by atoms with Crippen LogP contribution in [0.2, 0.25) is 0 Å². The lowest BCUT2D eigenvalue weighted by atomic mass is 9.55. The van der Waals surface area contributed by atoms with Crippen molar-refractivity contribution in [1.82, 2.24) is 10.4 Å². The normalized spacial score (nSPS) is 17.2. The minimum absolute atomic E-state index is 0.167. The van der Waals surface area contributed by atoms with E-state index in [0.29, 0.717) is 0 Å². The summed E-state index contributed by atoms with van der Waals surface area (Å²) in [5, 5.41) is 2.15. The second-order valence-corrected chi connectivity index (χ2v) is 12.6. The monoisotopic (exact) mass is 585 g/mol. The van der Waals surface area contributed by atoms with Gasteiger partial charge < -0.3 is 4.74 Å². The van der Waals surface area contributed by atoms with E-state index in [1.54, 1.807) is 0 Å². The molecule has 0 saturated heterocycles. The van der Waals surface area contributed by atoms with Crippen LogP contribution in [0.25, 0.3) is 0 Å². The molecule has 1 aromatic heterocycles. The number of aromatic nitrogens is 1. The zero-order valence-electron chi connectivity index (χ0n) is 25.7. The molecule has 1 N–H and O–H groups in total. The largest absolute Gasteiger partial charge is 0.457 e. The van der Waals surface area contributed by atoms with Crippen LogP contribution < -0.4 is 15.2 Å². The van der Waals surface area contributed by atoms with Gasteiger partial charge in [-0.25, -0.2) is 5.43 Å². The number of hydrogen-bond donors (Lipinski definition) is 1. The maximum absolute atomic E-state index is 6.65. The molecule has 220 valence electrons. The van der Waals surface area contributed by atoms with Crippen molar-refractivity contribution in [2.24, 2.45) is 0 Å². The molecule has 1 aliphatic heterocycles. The van der Waals surface area contributed by atoms with E-state index in [1.165, 1.54) is 33.5 Å². The highest BCUT2D eigenvalue weighted by atomic mass is 16.5. The predicted molar refractivity (Wildman–Crippen MR) is 181 cm³/mol. The Morgan fingerprint density at radius 1 is 0.644 bits per heavy atom. The predicted octanol–water partition coefficient (Wildman–Crippen LogP) is 9.61. The Kier molecular flexibility index (Phi) is 6.36. The zero-order chi connectivity index (χ0) is 30.6. The number of fused-ring (bicyclic) bond motifs is 3. The Balaban J connectivity index is 1.26. The molecular weight excluding hydrogens is 550 g/mol. The summed E-state index contributed by atoms with van der Waals surface area (Å²) in [5.74, 6) is 1.56. The first-order valence-corrected chi connectivity index (χ1v) is 15.6. The molecule has 6 aromatic rings. The average Bonchev–Trinajstić information content (AvgIpc) is 3.42. The summed E-state index contributed by atoms with van der Waals surface area (Å²) in [5.41, 5.74) is 13.5. The number of nitrogens with zero attached hydrogens (tertiary/aromatic N) is 2. The van der Waals surface area contributed by atoms with Crippen LogP contribution in [0.15, 0.2) is 146 Å². The summed E-state index contributed by atoms with van der Waals surface area (Å²) < 4.78 is 6.65. The van der Waals surface area contributed by atoms with Gasteiger partial charge in [-0.2, -0.15) is 0 Å². The molecule has 1 unspecified atom stereocenters. The van der Waals surface area contributed by atoms with Gasteiger partial charge in [0.1, 0.15) is 11.5 Å². The molecule has 0 saturated carbocycles. The maximum atomic E-state index is 6.65. The quantitative estimate of drug-likeness (QED) is 0.219. The van der Waals surface area contributed by atoms with E-state index in [0.717, 1.165) is 28.4 Å². The maximum Gasteiger partial charge on any atom is 0.129 e. The number of hydrogen-bond acceptors (Lipinski definition) is 4. The SMILES string of the molecule is CC1NN(c2cccc(Oc3cccc(C4(c5ccccn5)c5ccccc5C(C)(C)c5ccccc54)c3)c2)c2ccccc21. The summed E-state index contributed by atoms with van der Waals surface area (Å²) in [4.78, 5) is 5.04. The van der Waals surface area contributed by atoms with Crippen LogP contribution in [-0.4, -0.2) is 4.98 Å². The Labute approximate surface area is 265 Å². The molecule has 1 aliphatic carbocycles. The van der Waals surface area contributed by atoms with E-state index in [9.17, 15) is 0 Å². The van der Waals surface area contributed by atoms with Gasteiger partial charge in [-0.1, -0.05) is 105 Å². The second kappa shape index (κ2) is 10.5. The van der Waals surface area contributed by atoms with Gasteiger partial charge in [0.25, 0.3) is 0 Å². The number of hydrazine groups is 1. The molecule has 4 nitrogen and oxygen atoms in total. The lowest BCUT2D eigenvalue weighted by Crippen LogP contribution is -2.42. The molecule has 0 spiro atoms. The second-order valence-electron chi connectivity index (χ2n) is 12.6. The first-order chi connectivity index (χ1) is 22.0. The summed E-state index contributed by atoms with van der Waals surface area (Å²) in [6.45, 7) is 6.84. The Morgan fingerprint density at radius 2 is 1.27 bits per heavy atom. The van der Waals surface area contributed by atoms with Crippen molar-refractivity contribution in [2.75, 3.05) is 5.01 Å². The number of para-hydroxylation sites is 1. The van der Waals surface area contributed by atoms with Gasteiger partial charge >= 0.3 is 0 Å². The minimum Gasteiger partial charge on any atom is -0.457 e. The number of nitrogens with one attached hydrogen (secondary N) is 1. The first-order valence-electron chi connectivity index (χ1n) is 15.6. The van der Waals surface area contributed by atoms with Crippen molar-refractivity contribution in [3.05, 3.63) is 185 Å². The number of ether oxygens (including phenoxy) is 1. The van der Waals surface area contributed by atoms with Crippen LogP contribution in [-0.2, 0) is 10.8 Å². The van der Waals surface area contributed by atoms with Crippen molar-refractivity contribution in [2.45, 2.75) is 37.6 Å². The summed E-state index contributed by atoms with van der Waals surface area (Å²) in [6, 6.07) is 49.5. The van der Waals surface area contributed by atoms with Crippen LogP contribution in [0.1, 0.15) is 65.9 Å². The van der Waals surface area contributed by atoms with Gasteiger partial charge in [0.05, 0.1) is 28.5 Å². The van der Waals surface area contributed by atoms with Gasteiger partial charge in [0.2, 0.25) is 0 Å². The average molecular weight is 586 g/mol. The molecule has 45 heavy (non-hydrogen) atoms. The molecule has 0 bridgehead atoms. The minimum atomic E-state index is -0.621. The summed E-state index contributed by atoms with van der Waals surface area (Å²) in [6.07, 6.45) is 1.90. The van der Waals surface area contributed by atoms with Gasteiger partial charge in [-0.15, -0.1) is 0 Å². The number of rotatable bonds is 5. The highest BCUT2D eigenvalue weighted by molar-refractivity contribution is 5.71. The smallest absolute Gasteiger partial charge is 0.129 e. The van der Waals surface area contributed by atoms with Gasteiger partial charge in [-0.3, -0.25) is 9.99 Å². The number of benzene rings is 5. The van der Waals surface area contributed by atoms with Gasteiger partial charge in [0.15, 0.2) is 0 Å². The fourth-order valence-electron chi connectivity index (χ4n) is 7.54. The topological polar surface area (TPSA) is 37.4 Å². The van der Waals surface area contributed by atoms with E-state index in [2.05, 4.69) is 146 Å². The fourth-order valence-corrected chi connectivity index (χ4v) is 7.54. The number of anilines is 2. The number of pyridine rings is 1. The lowest BCUT2D eigenvalue weighted by Gasteiger charge is -2.47. The third-order valence-electron chi connectivity index (χ3n) is 9.60. The van der Waals surface area contributed by atoms with E-state index >= 15 is 0 Å². The van der Waals surface area contributed by atoms with E-state index < -0.39 is 5.41 Å². The molecule has 0 fully saturated rings. The van der Waals surface area contributed by atoms with Crippen LogP contribution >= 0.6 is 0 Å². The Hall–Kier alpha value is -5.19. The molecular formula is C41H35N3O. The van der Waals surface area contributed by atoms with Gasteiger partial charge in [-0.05, 0) is 82.8 Å². The van der Waals surface area contributed by atoms with E-state index in [1.807, 2.05) is 30.5 Å². The van der Waals surface area contributed by atoms with Crippen LogP contribution in [0.4, 0.5) is 11.4 Å². The molecule has 0 radical (unpaired) electrons. The fraction of sp³-hybridized carbons (Fsp3) is 0.146. The third kappa shape index (κ3) is 4.21. The van der Waals surface area contributed by atoms with Crippen LogP contribution in [0.5, 0.6) is 11.5 Å². The van der Waals surface area contributed by atoms with Crippen molar-refractivity contribution in [1.29, 1.82) is 0 Å². The van der Waals surface area contributed by atoms with Gasteiger partial charge in [0, 0.05) is 17.7 Å². The Morgan fingerprint density at radius 3 is 1.98 bits per heavy atom. The molecule has 1 atom stereocenters. The highest BCUT2D eigenvalue weighted by Crippen LogP contribution is 2.55. The molecule has 0 amide bonds. The first kappa shape index (κ1) is 27.4. The third-order valence-corrected chi connectivity index (χ3v) is 9.60. The van der Waals surface area contributed by atoms with Crippen molar-refractivity contribution in [3.63, 3.8) is 0 Å². The summed E-state index contributed by atoms with van der Waals surface area (Å²) >= 11 is 0. The molecule has 2 heterocycles. The van der Waals surface area contributed by atoms with Crippen molar-refractivity contribution in [3.8, 4) is 11.5 Å². The van der Waals surface area contributed by atoms with Crippen LogP contribution in [0.3, 0.4) is 0 Å². The van der Waals surface area contributed by atoms with E-state index in [4.69, 9.17) is 9.72 Å². The van der Waals surface area contributed by atoms with Crippen molar-refractivity contribution >= 4 is 11.4 Å². The summed E-state index contributed by atoms with van der Waals surface area (Å²) in [7, 11) is 0. The lowest BCUT2D eigenvalue weighted by molar-refractivity contribution is 0.479. The molecule has 8 rings (SSSR count). The van der Waals surface area contributed by atoms with Crippen LogP contribution in [0, 0.1) is 0 Å². The Bertz CT molecular complexity index is 1980. The van der Waals surface area contributed by atoms with E-state index in [-0.39, 0.29) is 11.5 Å².